The van der Waals surface area contributed by atoms with Gasteiger partial charge < -0.3 is 9.73 Å². The number of carbonyl (C=O) groups excluding carboxylic acids is 1. The summed E-state index contributed by atoms with van der Waals surface area (Å²) < 4.78 is 5.30. The van der Waals surface area contributed by atoms with Gasteiger partial charge in [-0.15, -0.1) is 0 Å². The van der Waals surface area contributed by atoms with E-state index in [9.17, 15) is 4.79 Å². The zero-order chi connectivity index (χ0) is 14.5. The number of nitrogens with one attached hydrogen (secondary N) is 2. The lowest BCUT2D eigenvalue weighted by Crippen LogP contribution is -2.25. The van der Waals surface area contributed by atoms with Gasteiger partial charge in [-0.1, -0.05) is 18.2 Å². The van der Waals surface area contributed by atoms with Gasteiger partial charge in [0.2, 0.25) is 0 Å². The van der Waals surface area contributed by atoms with E-state index >= 15 is 0 Å². The lowest BCUT2D eigenvalue weighted by Gasteiger charge is -2.10. The second-order valence-electron chi connectivity index (χ2n) is 4.54. The van der Waals surface area contributed by atoms with E-state index in [-0.39, 0.29) is 6.03 Å². The van der Waals surface area contributed by atoms with E-state index < -0.39 is 0 Å². The standard InChI is InChI=1S/C15H17N3O2/c1-10-5-4-6-11(2)14(10)17-15(19)18-16-9-13-8-7-12(3)20-13/h4-9H,1-3H3,(H2,17,18,19)/b16-9+. The van der Waals surface area contributed by atoms with Crippen LogP contribution in [0.4, 0.5) is 10.5 Å². The zero-order valence-electron chi connectivity index (χ0n) is 11.7. The van der Waals surface area contributed by atoms with Crippen molar-refractivity contribution in [3.8, 4) is 0 Å². The third-order valence-electron chi connectivity index (χ3n) is 2.84. The van der Waals surface area contributed by atoms with Gasteiger partial charge in [-0.05, 0) is 44.0 Å². The van der Waals surface area contributed by atoms with Crippen LogP contribution in [0, 0.1) is 20.8 Å². The molecule has 0 saturated carbocycles. The van der Waals surface area contributed by atoms with Gasteiger partial charge in [0, 0.05) is 5.69 Å². The van der Waals surface area contributed by atoms with Crippen LogP contribution in [0.25, 0.3) is 0 Å². The summed E-state index contributed by atoms with van der Waals surface area (Å²) in [5, 5.41) is 6.61. The molecule has 0 bridgehead atoms. The topological polar surface area (TPSA) is 66.6 Å². The number of rotatable bonds is 3. The van der Waals surface area contributed by atoms with E-state index in [2.05, 4.69) is 15.8 Å². The van der Waals surface area contributed by atoms with E-state index in [1.807, 2.05) is 45.0 Å². The van der Waals surface area contributed by atoms with Crippen molar-refractivity contribution < 1.29 is 9.21 Å². The molecular formula is C15H17N3O2. The molecule has 0 radical (unpaired) electrons. The average Bonchev–Trinajstić information content (AvgIpc) is 2.80. The quantitative estimate of drug-likeness (QED) is 0.664. The van der Waals surface area contributed by atoms with Gasteiger partial charge in [0.15, 0.2) is 0 Å². The van der Waals surface area contributed by atoms with E-state index in [4.69, 9.17) is 4.42 Å². The number of carbonyl (C=O) groups is 1. The number of amides is 2. The Bertz CT molecular complexity index is 624. The SMILES string of the molecule is Cc1ccc(/C=N/NC(=O)Nc2c(C)cccc2C)o1. The first-order chi connectivity index (χ1) is 9.56. The Morgan fingerprint density at radius 3 is 2.45 bits per heavy atom. The van der Waals surface area contributed by atoms with Crippen molar-refractivity contribution in [1.29, 1.82) is 0 Å². The largest absolute Gasteiger partial charge is 0.460 e. The van der Waals surface area contributed by atoms with Gasteiger partial charge in [-0.2, -0.15) is 5.10 Å². The first-order valence-corrected chi connectivity index (χ1v) is 6.29. The summed E-state index contributed by atoms with van der Waals surface area (Å²) in [4.78, 5) is 11.7. The molecule has 2 rings (SSSR count). The van der Waals surface area contributed by atoms with Crippen LogP contribution >= 0.6 is 0 Å². The van der Waals surface area contributed by atoms with Crippen molar-refractivity contribution >= 4 is 17.9 Å². The van der Waals surface area contributed by atoms with Crippen molar-refractivity contribution in [1.82, 2.24) is 5.43 Å². The van der Waals surface area contributed by atoms with Crippen molar-refractivity contribution in [3.63, 3.8) is 0 Å². The first kappa shape index (κ1) is 13.9. The number of furan rings is 1. The minimum atomic E-state index is -0.387. The zero-order valence-corrected chi connectivity index (χ0v) is 11.7. The maximum absolute atomic E-state index is 11.7. The summed E-state index contributed by atoms with van der Waals surface area (Å²) in [6.45, 7) is 5.73. The second-order valence-corrected chi connectivity index (χ2v) is 4.54. The molecule has 0 spiro atoms. The molecule has 5 nitrogen and oxygen atoms in total. The molecule has 2 amide bonds. The fourth-order valence-electron chi connectivity index (χ4n) is 1.83. The maximum atomic E-state index is 11.7. The minimum absolute atomic E-state index is 0.387. The molecular weight excluding hydrogens is 254 g/mol. The number of hydrogen-bond acceptors (Lipinski definition) is 3. The Morgan fingerprint density at radius 2 is 1.85 bits per heavy atom. The van der Waals surface area contributed by atoms with Gasteiger partial charge in [0.05, 0.1) is 6.21 Å². The highest BCUT2D eigenvalue weighted by Gasteiger charge is 2.05. The fraction of sp³-hybridized carbons (Fsp3) is 0.200. The average molecular weight is 271 g/mol. The molecule has 0 aliphatic heterocycles. The van der Waals surface area contributed by atoms with Crippen molar-refractivity contribution in [2.45, 2.75) is 20.8 Å². The van der Waals surface area contributed by atoms with Gasteiger partial charge >= 0.3 is 6.03 Å². The number of para-hydroxylation sites is 1. The summed E-state index contributed by atoms with van der Waals surface area (Å²) in [5.41, 5.74) is 5.21. The summed E-state index contributed by atoms with van der Waals surface area (Å²) in [5.74, 6) is 1.39. The Kier molecular flexibility index (Phi) is 4.20. The van der Waals surface area contributed by atoms with Gasteiger partial charge in [0.1, 0.15) is 11.5 Å². The molecule has 1 aromatic heterocycles. The van der Waals surface area contributed by atoms with Gasteiger partial charge in [-0.3, -0.25) is 0 Å². The van der Waals surface area contributed by atoms with Crippen molar-refractivity contribution in [3.05, 3.63) is 53.0 Å². The molecule has 2 N–H and O–H groups in total. The monoisotopic (exact) mass is 271 g/mol. The number of hydrogen-bond donors (Lipinski definition) is 2. The fourth-order valence-corrected chi connectivity index (χ4v) is 1.83. The Morgan fingerprint density at radius 1 is 1.15 bits per heavy atom. The second kappa shape index (κ2) is 6.06. The predicted octanol–water partition coefficient (Wildman–Crippen LogP) is 3.36. The first-order valence-electron chi connectivity index (χ1n) is 6.29. The highest BCUT2D eigenvalue weighted by molar-refractivity contribution is 5.91. The van der Waals surface area contributed by atoms with E-state index in [1.54, 1.807) is 6.07 Å². The number of hydrazone groups is 1. The van der Waals surface area contributed by atoms with Gasteiger partial charge in [0.25, 0.3) is 0 Å². The molecule has 0 saturated heterocycles. The molecule has 20 heavy (non-hydrogen) atoms. The number of nitrogens with zero attached hydrogens (tertiary/aromatic N) is 1. The van der Waals surface area contributed by atoms with Crippen LogP contribution in [0.2, 0.25) is 0 Å². The van der Waals surface area contributed by atoms with Crippen LogP contribution in [0.1, 0.15) is 22.6 Å². The summed E-state index contributed by atoms with van der Waals surface area (Å²) >= 11 is 0. The maximum Gasteiger partial charge on any atom is 0.339 e. The molecule has 104 valence electrons. The van der Waals surface area contributed by atoms with E-state index in [0.29, 0.717) is 5.76 Å². The number of urea groups is 1. The lowest BCUT2D eigenvalue weighted by atomic mass is 10.1. The molecule has 1 aromatic carbocycles. The number of aryl methyl sites for hydroxylation is 3. The van der Waals surface area contributed by atoms with E-state index in [1.165, 1.54) is 6.21 Å². The Labute approximate surface area is 117 Å². The number of benzene rings is 1. The highest BCUT2D eigenvalue weighted by atomic mass is 16.3. The Balaban J connectivity index is 1.94. The molecule has 0 aliphatic carbocycles. The van der Waals surface area contributed by atoms with Crippen molar-refractivity contribution in [2.24, 2.45) is 5.10 Å². The van der Waals surface area contributed by atoms with Crippen LogP contribution in [0.15, 0.2) is 39.9 Å². The van der Waals surface area contributed by atoms with Crippen LogP contribution < -0.4 is 10.7 Å². The summed E-state index contributed by atoms with van der Waals surface area (Å²) in [7, 11) is 0. The lowest BCUT2D eigenvalue weighted by molar-refractivity contribution is 0.252. The Hall–Kier alpha value is -2.56. The highest BCUT2D eigenvalue weighted by Crippen LogP contribution is 2.18. The van der Waals surface area contributed by atoms with Crippen LogP contribution in [-0.2, 0) is 0 Å². The third kappa shape index (κ3) is 3.47. The predicted molar refractivity (Wildman–Crippen MR) is 79.1 cm³/mol. The van der Waals surface area contributed by atoms with Crippen LogP contribution in [-0.4, -0.2) is 12.2 Å². The molecule has 1 heterocycles. The smallest absolute Gasteiger partial charge is 0.339 e. The van der Waals surface area contributed by atoms with Gasteiger partial charge in [-0.25, -0.2) is 10.2 Å². The van der Waals surface area contributed by atoms with Crippen LogP contribution in [0.3, 0.4) is 0 Å². The molecule has 0 unspecified atom stereocenters. The summed E-state index contributed by atoms with van der Waals surface area (Å²) in [6.07, 6.45) is 1.46. The molecule has 0 aliphatic rings. The molecule has 0 fully saturated rings. The number of anilines is 1. The third-order valence-corrected chi connectivity index (χ3v) is 2.84. The summed E-state index contributed by atoms with van der Waals surface area (Å²) in [6, 6.07) is 9.06. The molecule has 5 heteroatoms. The molecule has 0 atom stereocenters. The van der Waals surface area contributed by atoms with Crippen molar-refractivity contribution in [2.75, 3.05) is 5.32 Å². The van der Waals surface area contributed by atoms with E-state index in [0.717, 1.165) is 22.6 Å². The minimum Gasteiger partial charge on any atom is -0.460 e. The normalized spacial score (nSPS) is 10.8. The van der Waals surface area contributed by atoms with Crippen LogP contribution in [0.5, 0.6) is 0 Å². The molecule has 2 aromatic rings.